The van der Waals surface area contributed by atoms with E-state index >= 15 is 0 Å². The number of nitrogens with zero attached hydrogens (tertiary/aromatic N) is 1. The van der Waals surface area contributed by atoms with Gasteiger partial charge in [-0.15, -0.1) is 0 Å². The fourth-order valence-corrected chi connectivity index (χ4v) is 1.89. The number of benzene rings is 1. The molecule has 0 spiro atoms. The maximum absolute atomic E-state index is 4.09. The Morgan fingerprint density at radius 1 is 1.19 bits per heavy atom. The number of aromatic nitrogens is 1. The van der Waals surface area contributed by atoms with Crippen LogP contribution in [0.4, 0.5) is 5.69 Å². The molecule has 0 unspecified atom stereocenters. The van der Waals surface area contributed by atoms with Crippen LogP contribution in [0.25, 0.3) is 0 Å². The minimum Gasteiger partial charge on any atom is -0.385 e. The van der Waals surface area contributed by atoms with E-state index in [1.807, 2.05) is 24.4 Å². The molecule has 16 heavy (non-hydrogen) atoms. The summed E-state index contributed by atoms with van der Waals surface area (Å²) in [6.07, 6.45) is 4.69. The van der Waals surface area contributed by atoms with Crippen LogP contribution in [0, 0.1) is 0 Å². The maximum Gasteiger partial charge on any atom is 0.0351 e. The summed E-state index contributed by atoms with van der Waals surface area (Å²) in [4.78, 5) is 4.09. The molecular formula is C13H13BrN2. The van der Waals surface area contributed by atoms with Gasteiger partial charge in [0.05, 0.1) is 0 Å². The normalized spacial score (nSPS) is 10.1. The number of pyridine rings is 1. The van der Waals surface area contributed by atoms with Crippen LogP contribution in [0.5, 0.6) is 0 Å². The van der Waals surface area contributed by atoms with E-state index in [0.29, 0.717) is 0 Å². The lowest BCUT2D eigenvalue weighted by atomic mass is 10.2. The highest BCUT2D eigenvalue weighted by molar-refractivity contribution is 9.10. The number of hydrogen-bond donors (Lipinski definition) is 1. The third-order valence-corrected chi connectivity index (χ3v) is 2.78. The van der Waals surface area contributed by atoms with Gasteiger partial charge in [0.25, 0.3) is 0 Å². The predicted molar refractivity (Wildman–Crippen MR) is 70.6 cm³/mol. The zero-order chi connectivity index (χ0) is 11.2. The smallest absolute Gasteiger partial charge is 0.0351 e. The van der Waals surface area contributed by atoms with E-state index in [4.69, 9.17) is 0 Å². The summed E-state index contributed by atoms with van der Waals surface area (Å²) >= 11 is 3.45. The average molecular weight is 277 g/mol. The summed E-state index contributed by atoms with van der Waals surface area (Å²) in [5, 5.41) is 3.38. The van der Waals surface area contributed by atoms with Crippen LogP contribution in [0.1, 0.15) is 5.56 Å². The van der Waals surface area contributed by atoms with Gasteiger partial charge in [0.1, 0.15) is 0 Å². The minimum atomic E-state index is 0.919. The number of halogens is 1. The van der Waals surface area contributed by atoms with Crippen molar-refractivity contribution >= 4 is 21.6 Å². The molecule has 0 aliphatic heterocycles. The molecule has 1 aromatic carbocycles. The molecule has 0 bridgehead atoms. The van der Waals surface area contributed by atoms with Gasteiger partial charge < -0.3 is 5.32 Å². The molecule has 3 heteroatoms. The monoisotopic (exact) mass is 276 g/mol. The van der Waals surface area contributed by atoms with Gasteiger partial charge in [-0.3, -0.25) is 4.98 Å². The molecule has 0 atom stereocenters. The van der Waals surface area contributed by atoms with Crippen LogP contribution in [-0.4, -0.2) is 11.5 Å². The molecule has 0 saturated carbocycles. The van der Waals surface area contributed by atoms with E-state index < -0.39 is 0 Å². The first-order valence-electron chi connectivity index (χ1n) is 5.23. The molecule has 0 aliphatic rings. The maximum atomic E-state index is 4.09. The van der Waals surface area contributed by atoms with Crippen molar-refractivity contribution in [1.82, 2.24) is 4.98 Å². The lowest BCUT2D eigenvalue weighted by molar-refractivity contribution is 1.00. The molecule has 1 aromatic heterocycles. The van der Waals surface area contributed by atoms with Crippen LogP contribution in [0.2, 0.25) is 0 Å². The van der Waals surface area contributed by atoms with Crippen molar-refractivity contribution in [1.29, 1.82) is 0 Å². The molecule has 0 radical (unpaired) electrons. The third kappa shape index (κ3) is 3.35. The molecule has 0 aliphatic carbocycles. The van der Waals surface area contributed by atoms with Gasteiger partial charge in [-0.25, -0.2) is 0 Å². The molecular weight excluding hydrogens is 264 g/mol. The highest BCUT2D eigenvalue weighted by Gasteiger charge is 1.94. The second-order valence-corrected chi connectivity index (χ2v) is 4.46. The number of anilines is 1. The van der Waals surface area contributed by atoms with Gasteiger partial charge in [0.2, 0.25) is 0 Å². The van der Waals surface area contributed by atoms with Crippen molar-refractivity contribution in [3.8, 4) is 0 Å². The molecule has 2 aromatic rings. The molecule has 0 fully saturated rings. The summed E-state index contributed by atoms with van der Waals surface area (Å²) < 4.78 is 1.10. The third-order valence-electron chi connectivity index (χ3n) is 2.29. The zero-order valence-corrected chi connectivity index (χ0v) is 10.4. The first kappa shape index (κ1) is 11.1. The van der Waals surface area contributed by atoms with Gasteiger partial charge >= 0.3 is 0 Å². The first-order chi connectivity index (χ1) is 7.84. The zero-order valence-electron chi connectivity index (χ0n) is 8.86. The van der Waals surface area contributed by atoms with Crippen LogP contribution in [0.15, 0.2) is 53.3 Å². The second kappa shape index (κ2) is 5.66. The highest BCUT2D eigenvalue weighted by atomic mass is 79.9. The summed E-state index contributed by atoms with van der Waals surface area (Å²) in [5.74, 6) is 0. The summed E-state index contributed by atoms with van der Waals surface area (Å²) in [6, 6.07) is 12.2. The van der Waals surface area contributed by atoms with Gasteiger partial charge in [-0.2, -0.15) is 0 Å². The minimum absolute atomic E-state index is 0.919. The van der Waals surface area contributed by atoms with E-state index in [2.05, 4.69) is 44.4 Å². The Bertz CT molecular complexity index is 443. The largest absolute Gasteiger partial charge is 0.385 e. The lowest BCUT2D eigenvalue weighted by Crippen LogP contribution is -2.04. The average Bonchev–Trinajstić information content (AvgIpc) is 2.30. The summed E-state index contributed by atoms with van der Waals surface area (Å²) in [7, 11) is 0. The molecule has 0 saturated heterocycles. The molecule has 2 nitrogen and oxygen atoms in total. The highest BCUT2D eigenvalue weighted by Crippen LogP contribution is 2.15. The predicted octanol–water partition coefficient (Wildman–Crippen LogP) is 3.50. The Morgan fingerprint density at radius 2 is 2.12 bits per heavy atom. The van der Waals surface area contributed by atoms with Crippen LogP contribution in [0.3, 0.4) is 0 Å². The fraction of sp³-hybridized carbons (Fsp3) is 0.154. The van der Waals surface area contributed by atoms with Crippen molar-refractivity contribution in [3.63, 3.8) is 0 Å². The molecule has 0 amide bonds. The van der Waals surface area contributed by atoms with Gasteiger partial charge in [-0.05, 0) is 36.2 Å². The molecule has 82 valence electrons. The van der Waals surface area contributed by atoms with E-state index in [1.165, 1.54) is 5.56 Å². The van der Waals surface area contributed by atoms with E-state index in [9.17, 15) is 0 Å². The Labute approximate surface area is 104 Å². The first-order valence-corrected chi connectivity index (χ1v) is 6.02. The van der Waals surface area contributed by atoms with Gasteiger partial charge in [0, 0.05) is 29.1 Å². The van der Waals surface area contributed by atoms with Crippen LogP contribution < -0.4 is 5.32 Å². The number of rotatable bonds is 4. The Hall–Kier alpha value is -1.35. The standard InChI is InChI=1S/C13H13BrN2/c14-12-4-1-5-13(9-12)16-8-6-11-3-2-7-15-10-11/h1-5,7,9-10,16H,6,8H2. The van der Waals surface area contributed by atoms with Gasteiger partial charge in [0.15, 0.2) is 0 Å². The SMILES string of the molecule is Brc1cccc(NCCc2cccnc2)c1. The van der Waals surface area contributed by atoms with E-state index in [1.54, 1.807) is 6.20 Å². The Morgan fingerprint density at radius 3 is 2.88 bits per heavy atom. The van der Waals surface area contributed by atoms with Crippen LogP contribution in [-0.2, 0) is 6.42 Å². The number of hydrogen-bond acceptors (Lipinski definition) is 2. The molecule has 2 rings (SSSR count). The lowest BCUT2D eigenvalue weighted by Gasteiger charge is -2.06. The van der Waals surface area contributed by atoms with Crippen LogP contribution >= 0.6 is 15.9 Å². The quantitative estimate of drug-likeness (QED) is 0.925. The molecule has 1 heterocycles. The van der Waals surface area contributed by atoms with Crippen molar-refractivity contribution in [3.05, 3.63) is 58.8 Å². The van der Waals surface area contributed by atoms with Gasteiger partial charge in [-0.1, -0.05) is 28.1 Å². The fourth-order valence-electron chi connectivity index (χ4n) is 1.50. The second-order valence-electron chi connectivity index (χ2n) is 3.55. The van der Waals surface area contributed by atoms with Crippen molar-refractivity contribution in [2.45, 2.75) is 6.42 Å². The molecule has 1 N–H and O–H groups in total. The van der Waals surface area contributed by atoms with Crippen molar-refractivity contribution in [2.75, 3.05) is 11.9 Å². The van der Waals surface area contributed by atoms with E-state index in [0.717, 1.165) is 23.1 Å². The van der Waals surface area contributed by atoms with E-state index in [-0.39, 0.29) is 0 Å². The number of nitrogens with one attached hydrogen (secondary N) is 1. The Balaban J connectivity index is 1.85. The van der Waals surface area contributed by atoms with Crippen molar-refractivity contribution in [2.24, 2.45) is 0 Å². The summed E-state index contributed by atoms with van der Waals surface area (Å²) in [6.45, 7) is 0.919. The topological polar surface area (TPSA) is 24.9 Å². The van der Waals surface area contributed by atoms with Crippen molar-refractivity contribution < 1.29 is 0 Å². The summed E-state index contributed by atoms with van der Waals surface area (Å²) in [5.41, 5.74) is 2.39. The Kier molecular flexibility index (Phi) is 3.94.